The minimum atomic E-state index is -1.30. The number of amides is 2. The monoisotopic (exact) mass is 567 g/mol. The molecule has 0 fully saturated rings. The Labute approximate surface area is 228 Å². The fraction of sp³-hybridized carbons (Fsp3) is 0.0370. The van der Waals surface area contributed by atoms with Gasteiger partial charge in [-0.1, -0.05) is 23.2 Å². The Morgan fingerprint density at radius 3 is 2.59 bits per heavy atom. The van der Waals surface area contributed by atoms with Crippen LogP contribution in [0.4, 0.5) is 18.9 Å². The van der Waals surface area contributed by atoms with Crippen LogP contribution in [-0.2, 0) is 0 Å². The van der Waals surface area contributed by atoms with Gasteiger partial charge in [0.05, 0.1) is 11.1 Å². The summed E-state index contributed by atoms with van der Waals surface area (Å²) in [5, 5.41) is 9.22. The van der Waals surface area contributed by atoms with E-state index in [1.165, 1.54) is 24.5 Å². The van der Waals surface area contributed by atoms with Crippen LogP contribution in [0.5, 0.6) is 0 Å². The molecule has 0 spiro atoms. The maximum absolute atomic E-state index is 14.2. The fourth-order valence-corrected chi connectivity index (χ4v) is 4.98. The predicted octanol–water partition coefficient (Wildman–Crippen LogP) is 6.21. The molecule has 3 aromatic carbocycles. The maximum atomic E-state index is 14.2. The van der Waals surface area contributed by atoms with Crippen molar-refractivity contribution in [1.82, 2.24) is 19.9 Å². The summed E-state index contributed by atoms with van der Waals surface area (Å²) in [7, 11) is 0. The van der Waals surface area contributed by atoms with Gasteiger partial charge in [-0.2, -0.15) is 5.10 Å². The zero-order chi connectivity index (χ0) is 27.4. The van der Waals surface area contributed by atoms with Gasteiger partial charge in [0.15, 0.2) is 17.3 Å². The maximum Gasteiger partial charge on any atom is 0.255 e. The predicted molar refractivity (Wildman–Crippen MR) is 138 cm³/mol. The van der Waals surface area contributed by atoms with Crippen molar-refractivity contribution in [2.75, 3.05) is 5.32 Å². The lowest BCUT2D eigenvalue weighted by atomic mass is 9.93. The van der Waals surface area contributed by atoms with E-state index in [9.17, 15) is 22.8 Å². The first kappa shape index (κ1) is 24.9. The molecule has 2 amide bonds. The Morgan fingerprint density at radius 1 is 0.974 bits per heavy atom. The smallest absolute Gasteiger partial charge is 0.255 e. The number of aromatic nitrogens is 3. The topological polar surface area (TPSA) is 88.4 Å². The van der Waals surface area contributed by atoms with Crippen LogP contribution in [0, 0.1) is 17.5 Å². The second-order valence-corrected chi connectivity index (χ2v) is 9.56. The molecule has 2 aromatic heterocycles. The molecule has 0 saturated carbocycles. The van der Waals surface area contributed by atoms with Crippen molar-refractivity contribution >= 4 is 46.4 Å². The zero-order valence-corrected chi connectivity index (χ0v) is 21.0. The van der Waals surface area contributed by atoms with Gasteiger partial charge in [0.1, 0.15) is 12.1 Å². The third kappa shape index (κ3) is 4.37. The molecular weight excluding hydrogens is 554 g/mol. The van der Waals surface area contributed by atoms with Crippen LogP contribution in [-0.4, -0.2) is 26.4 Å². The molecule has 7 nitrogen and oxygen atoms in total. The van der Waals surface area contributed by atoms with Crippen LogP contribution in [0.25, 0.3) is 16.8 Å². The summed E-state index contributed by atoms with van der Waals surface area (Å²) in [5.41, 5.74) is 2.48. The van der Waals surface area contributed by atoms with Crippen LogP contribution in [0.3, 0.4) is 0 Å². The molecule has 0 unspecified atom stereocenters. The summed E-state index contributed by atoms with van der Waals surface area (Å²) in [5.74, 6) is -4.45. The van der Waals surface area contributed by atoms with Gasteiger partial charge in [-0.15, -0.1) is 0 Å². The minimum absolute atomic E-state index is 0.163. The molecular formula is C27H14Cl2F3N5O2. The first-order chi connectivity index (χ1) is 18.7. The van der Waals surface area contributed by atoms with E-state index in [4.69, 9.17) is 23.2 Å². The van der Waals surface area contributed by atoms with Gasteiger partial charge in [-0.05, 0) is 60.2 Å². The van der Waals surface area contributed by atoms with Crippen molar-refractivity contribution in [1.29, 1.82) is 0 Å². The van der Waals surface area contributed by atoms with E-state index in [0.29, 0.717) is 28.4 Å². The van der Waals surface area contributed by atoms with Crippen LogP contribution < -0.4 is 10.6 Å². The van der Waals surface area contributed by atoms with Crippen molar-refractivity contribution in [3.05, 3.63) is 117 Å². The lowest BCUT2D eigenvalue weighted by Gasteiger charge is -2.19. The molecule has 12 heteroatoms. The van der Waals surface area contributed by atoms with E-state index >= 15 is 0 Å². The van der Waals surface area contributed by atoms with Crippen molar-refractivity contribution in [3.63, 3.8) is 0 Å². The highest BCUT2D eigenvalue weighted by Gasteiger charge is 2.35. The normalized spacial score (nSPS) is 14.4. The van der Waals surface area contributed by atoms with Gasteiger partial charge in [0.25, 0.3) is 11.8 Å². The molecule has 1 atom stereocenters. The Hall–Kier alpha value is -4.41. The average molecular weight is 568 g/mol. The number of hydrogen-bond donors (Lipinski definition) is 2. The zero-order valence-electron chi connectivity index (χ0n) is 19.5. The van der Waals surface area contributed by atoms with E-state index in [2.05, 4.69) is 20.7 Å². The van der Waals surface area contributed by atoms with E-state index < -0.39 is 40.3 Å². The number of carbonyl (C=O) groups is 2. The Kier molecular flexibility index (Phi) is 6.00. The summed E-state index contributed by atoms with van der Waals surface area (Å²) < 4.78 is 43.4. The van der Waals surface area contributed by atoms with Gasteiger partial charge < -0.3 is 10.6 Å². The van der Waals surface area contributed by atoms with E-state index in [-0.39, 0.29) is 27.4 Å². The summed E-state index contributed by atoms with van der Waals surface area (Å²) in [6.07, 6.45) is 3.08. The number of benzene rings is 3. The lowest BCUT2D eigenvalue weighted by Crippen LogP contribution is -2.21. The fourth-order valence-electron chi connectivity index (χ4n) is 4.54. The highest BCUT2D eigenvalue weighted by Crippen LogP contribution is 2.42. The molecule has 3 heterocycles. The van der Waals surface area contributed by atoms with Gasteiger partial charge in [-0.3, -0.25) is 9.59 Å². The summed E-state index contributed by atoms with van der Waals surface area (Å²) in [6.45, 7) is 0. The third-order valence-electron chi connectivity index (χ3n) is 6.36. The first-order valence-corrected chi connectivity index (χ1v) is 12.1. The number of nitrogens with one attached hydrogen (secondary N) is 2. The van der Waals surface area contributed by atoms with Crippen molar-refractivity contribution in [2.24, 2.45) is 0 Å². The van der Waals surface area contributed by atoms with Crippen LogP contribution in [0.2, 0.25) is 10.0 Å². The Morgan fingerprint density at radius 2 is 1.79 bits per heavy atom. The van der Waals surface area contributed by atoms with Gasteiger partial charge >= 0.3 is 0 Å². The molecule has 0 saturated heterocycles. The standard InChI is InChI=1S/C27H14Cl2F3N5O2/c28-18-3-2-15(30)9-16(18)25-23-17(27(39)36-25)5-13(12-1-4-22-33-11-34-37(22)10-12)8-21(23)35-26(38)14-6-19(29)24(32)20(31)7-14/h1-11,25H,(H,35,38)(H,36,39)/t25-/m1/s1. The minimum Gasteiger partial charge on any atom is -0.341 e. The molecule has 2 N–H and O–H groups in total. The molecule has 6 rings (SSSR count). The molecule has 39 heavy (non-hydrogen) atoms. The average Bonchev–Trinajstić information content (AvgIpc) is 3.52. The number of rotatable bonds is 4. The largest absolute Gasteiger partial charge is 0.341 e. The highest BCUT2D eigenvalue weighted by atomic mass is 35.5. The third-order valence-corrected chi connectivity index (χ3v) is 6.98. The molecule has 0 radical (unpaired) electrons. The van der Waals surface area contributed by atoms with Crippen molar-refractivity contribution in [3.8, 4) is 11.1 Å². The number of nitrogens with zero attached hydrogens (tertiary/aromatic N) is 3. The van der Waals surface area contributed by atoms with Crippen LogP contribution in [0.15, 0.2) is 67.1 Å². The quantitative estimate of drug-likeness (QED) is 0.253. The number of halogens is 5. The van der Waals surface area contributed by atoms with Gasteiger partial charge in [0, 0.05) is 44.7 Å². The van der Waals surface area contributed by atoms with Gasteiger partial charge in [0.2, 0.25) is 0 Å². The van der Waals surface area contributed by atoms with Crippen LogP contribution >= 0.6 is 23.2 Å². The van der Waals surface area contributed by atoms with Crippen LogP contribution in [0.1, 0.15) is 37.9 Å². The SMILES string of the molecule is O=C(Nc1cc(-c2ccc3ncnn3c2)cc2c1[C@@H](c1cc(F)ccc1Cl)NC2=O)c1cc(F)c(F)c(Cl)c1. The molecule has 0 aliphatic carbocycles. The second kappa shape index (κ2) is 9.40. The van der Waals surface area contributed by atoms with E-state index in [1.807, 2.05) is 0 Å². The number of hydrogen-bond acceptors (Lipinski definition) is 4. The molecule has 5 aromatic rings. The second-order valence-electron chi connectivity index (χ2n) is 8.75. The van der Waals surface area contributed by atoms with E-state index in [0.717, 1.165) is 6.07 Å². The number of carbonyl (C=O) groups excluding carboxylic acids is 2. The van der Waals surface area contributed by atoms with Crippen molar-refractivity contribution < 1.29 is 22.8 Å². The number of pyridine rings is 1. The Balaban J connectivity index is 1.52. The van der Waals surface area contributed by atoms with E-state index in [1.54, 1.807) is 35.0 Å². The van der Waals surface area contributed by atoms with Gasteiger partial charge in [-0.25, -0.2) is 22.7 Å². The Bertz CT molecular complexity index is 1820. The number of fused-ring (bicyclic) bond motifs is 2. The lowest BCUT2D eigenvalue weighted by molar-refractivity contribution is 0.0959. The van der Waals surface area contributed by atoms with Crippen molar-refractivity contribution in [2.45, 2.75) is 6.04 Å². The summed E-state index contributed by atoms with van der Waals surface area (Å²) >= 11 is 12.1. The number of anilines is 1. The summed E-state index contributed by atoms with van der Waals surface area (Å²) in [6, 6.07) is 11.2. The summed E-state index contributed by atoms with van der Waals surface area (Å²) in [4.78, 5) is 30.4. The first-order valence-electron chi connectivity index (χ1n) is 11.4. The molecule has 0 bridgehead atoms. The molecule has 1 aliphatic heterocycles. The highest BCUT2D eigenvalue weighted by molar-refractivity contribution is 6.31. The molecule has 1 aliphatic rings. The molecule has 194 valence electrons.